The quantitative estimate of drug-likeness (QED) is 0.614. The van der Waals surface area contributed by atoms with Crippen molar-refractivity contribution in [1.29, 1.82) is 0 Å². The molecule has 0 spiro atoms. The molecule has 1 amide bonds. The average Bonchev–Trinajstić information content (AvgIpc) is 3.04. The lowest BCUT2D eigenvalue weighted by Crippen LogP contribution is -2.44. The van der Waals surface area contributed by atoms with Gasteiger partial charge in [0.25, 0.3) is 0 Å². The van der Waals surface area contributed by atoms with Gasteiger partial charge in [0.2, 0.25) is 0 Å². The number of hydrogen-bond donors (Lipinski definition) is 0. The van der Waals surface area contributed by atoms with Crippen molar-refractivity contribution >= 4 is 17.7 Å². The zero-order valence-electron chi connectivity index (χ0n) is 12.8. The maximum absolute atomic E-state index is 12.3. The summed E-state index contributed by atoms with van der Waals surface area (Å²) >= 11 is 0. The van der Waals surface area contributed by atoms with Crippen LogP contribution in [0, 0.1) is 0 Å². The lowest BCUT2D eigenvalue weighted by Gasteiger charge is -2.22. The zero-order valence-corrected chi connectivity index (χ0v) is 12.8. The number of nitrogens with zero attached hydrogens (tertiary/aromatic N) is 1. The Morgan fingerprint density at radius 1 is 1.23 bits per heavy atom. The van der Waals surface area contributed by atoms with Gasteiger partial charge in [0.15, 0.2) is 5.78 Å². The molecule has 1 saturated heterocycles. The van der Waals surface area contributed by atoms with Crippen molar-refractivity contribution in [2.24, 2.45) is 0 Å². The number of rotatable bonds is 5. The molecule has 0 saturated carbocycles. The Labute approximate surface area is 130 Å². The Morgan fingerprint density at radius 2 is 1.95 bits per heavy atom. The Bertz CT molecular complexity index is 541. The van der Waals surface area contributed by atoms with Crippen LogP contribution in [0.15, 0.2) is 30.3 Å². The highest BCUT2D eigenvalue weighted by Gasteiger charge is 2.36. The average molecular weight is 303 g/mol. The zero-order chi connectivity index (χ0) is 15.9. The number of aryl methyl sites for hydroxylation is 1. The molecule has 0 radical (unpaired) electrons. The minimum absolute atomic E-state index is 0.0330. The fraction of sp³-hybridized carbons (Fsp3) is 0.471. The second-order valence-corrected chi connectivity index (χ2v) is 5.45. The number of ether oxygens (including phenoxy) is 1. The topological polar surface area (TPSA) is 63.7 Å². The third kappa shape index (κ3) is 3.93. The summed E-state index contributed by atoms with van der Waals surface area (Å²) in [4.78, 5) is 36.9. The minimum atomic E-state index is -0.899. The van der Waals surface area contributed by atoms with Crippen molar-refractivity contribution in [3.63, 3.8) is 0 Å². The maximum atomic E-state index is 12.3. The summed E-state index contributed by atoms with van der Waals surface area (Å²) < 4.78 is 4.45. The number of ketones is 1. The molecule has 1 aliphatic heterocycles. The number of benzene rings is 1. The molecular weight excluding hydrogens is 282 g/mol. The molecule has 1 heterocycles. The van der Waals surface area contributed by atoms with E-state index in [-0.39, 0.29) is 5.78 Å². The summed E-state index contributed by atoms with van der Waals surface area (Å²) in [6.07, 6.45) is 3.39. The van der Waals surface area contributed by atoms with E-state index in [4.69, 9.17) is 0 Å². The van der Waals surface area contributed by atoms with Gasteiger partial charge in [-0.3, -0.25) is 9.59 Å². The van der Waals surface area contributed by atoms with Crippen LogP contribution in [-0.2, 0) is 25.5 Å². The first kappa shape index (κ1) is 16.2. The summed E-state index contributed by atoms with van der Waals surface area (Å²) in [5.41, 5.74) is 1.20. The van der Waals surface area contributed by atoms with E-state index in [1.54, 1.807) is 0 Å². The first-order valence-corrected chi connectivity index (χ1v) is 7.59. The predicted molar refractivity (Wildman–Crippen MR) is 81.1 cm³/mol. The molecule has 0 aromatic heterocycles. The molecule has 0 aliphatic carbocycles. The third-order valence-electron chi connectivity index (χ3n) is 3.98. The van der Waals surface area contributed by atoms with E-state index >= 15 is 0 Å². The first-order chi connectivity index (χ1) is 10.6. The van der Waals surface area contributed by atoms with Crippen LogP contribution in [0.2, 0.25) is 0 Å². The number of carbonyl (C=O) groups excluding carboxylic acids is 3. The van der Waals surface area contributed by atoms with Crippen molar-refractivity contribution in [1.82, 2.24) is 4.90 Å². The van der Waals surface area contributed by atoms with E-state index in [2.05, 4.69) is 4.74 Å². The smallest absolute Gasteiger partial charge is 0.396 e. The highest BCUT2D eigenvalue weighted by molar-refractivity contribution is 6.32. The highest BCUT2D eigenvalue weighted by Crippen LogP contribution is 2.20. The summed E-state index contributed by atoms with van der Waals surface area (Å²) in [5.74, 6) is -1.57. The van der Waals surface area contributed by atoms with Crippen LogP contribution in [-0.4, -0.2) is 42.3 Å². The lowest BCUT2D eigenvalue weighted by molar-refractivity contribution is -0.159. The molecule has 22 heavy (non-hydrogen) atoms. The van der Waals surface area contributed by atoms with Crippen LogP contribution in [0.5, 0.6) is 0 Å². The number of methoxy groups -OCH3 is 1. The summed E-state index contributed by atoms with van der Waals surface area (Å²) in [5, 5.41) is 0. The molecule has 1 aromatic rings. The Morgan fingerprint density at radius 3 is 2.64 bits per heavy atom. The molecule has 0 unspecified atom stereocenters. The van der Waals surface area contributed by atoms with Crippen LogP contribution < -0.4 is 0 Å². The normalized spacial score (nSPS) is 17.3. The number of carbonyl (C=O) groups is 3. The molecule has 1 aromatic carbocycles. The van der Waals surface area contributed by atoms with Crippen molar-refractivity contribution in [3.8, 4) is 0 Å². The van der Waals surface area contributed by atoms with E-state index in [1.165, 1.54) is 17.6 Å². The number of likely N-dealkylation sites (tertiary alicyclic amines) is 1. The second kappa shape index (κ2) is 7.73. The van der Waals surface area contributed by atoms with Crippen LogP contribution in [0.3, 0.4) is 0 Å². The molecule has 5 heteroatoms. The number of hydrogen-bond acceptors (Lipinski definition) is 4. The molecule has 0 N–H and O–H groups in total. The lowest BCUT2D eigenvalue weighted by atomic mass is 10.0. The summed E-state index contributed by atoms with van der Waals surface area (Å²) in [7, 11) is 1.17. The Hall–Kier alpha value is -2.17. The number of Topliss-reactive ketones (excluding diaryl/α,β-unsaturated/α-hetero) is 1. The van der Waals surface area contributed by atoms with Crippen molar-refractivity contribution in [2.75, 3.05) is 13.7 Å². The second-order valence-electron chi connectivity index (χ2n) is 5.45. The monoisotopic (exact) mass is 303 g/mol. The number of amides is 1. The predicted octanol–water partition coefficient (Wildman–Crippen LogP) is 1.74. The SMILES string of the molecule is COC(=O)C(=O)N1CCC[C@H]1C(=O)CCCc1ccccc1. The summed E-state index contributed by atoms with van der Waals surface area (Å²) in [6.45, 7) is 0.447. The van der Waals surface area contributed by atoms with Gasteiger partial charge in [-0.1, -0.05) is 30.3 Å². The van der Waals surface area contributed by atoms with Gasteiger partial charge < -0.3 is 9.64 Å². The molecule has 118 valence electrons. The summed E-state index contributed by atoms with van der Waals surface area (Å²) in [6, 6.07) is 9.52. The molecule has 1 aliphatic rings. The highest BCUT2D eigenvalue weighted by atomic mass is 16.5. The largest absolute Gasteiger partial charge is 0.462 e. The van der Waals surface area contributed by atoms with Gasteiger partial charge in [-0.05, 0) is 31.2 Å². The van der Waals surface area contributed by atoms with Gasteiger partial charge in [-0.15, -0.1) is 0 Å². The van der Waals surface area contributed by atoms with Gasteiger partial charge in [0.1, 0.15) is 0 Å². The fourth-order valence-corrected chi connectivity index (χ4v) is 2.83. The van der Waals surface area contributed by atoms with Gasteiger partial charge in [-0.2, -0.15) is 0 Å². The molecular formula is C17H21NO4. The van der Waals surface area contributed by atoms with Crippen LogP contribution >= 0.6 is 0 Å². The van der Waals surface area contributed by atoms with Crippen molar-refractivity contribution in [2.45, 2.75) is 38.1 Å². The molecule has 1 fully saturated rings. The third-order valence-corrected chi connectivity index (χ3v) is 3.98. The van der Waals surface area contributed by atoms with Crippen molar-refractivity contribution in [3.05, 3.63) is 35.9 Å². The molecule has 5 nitrogen and oxygen atoms in total. The first-order valence-electron chi connectivity index (χ1n) is 7.59. The van der Waals surface area contributed by atoms with E-state index in [9.17, 15) is 14.4 Å². The van der Waals surface area contributed by atoms with Crippen LogP contribution in [0.4, 0.5) is 0 Å². The Kier molecular flexibility index (Phi) is 5.69. The molecule has 0 bridgehead atoms. The maximum Gasteiger partial charge on any atom is 0.396 e. The van der Waals surface area contributed by atoms with Gasteiger partial charge in [0, 0.05) is 13.0 Å². The van der Waals surface area contributed by atoms with E-state index < -0.39 is 17.9 Å². The van der Waals surface area contributed by atoms with Crippen LogP contribution in [0.1, 0.15) is 31.2 Å². The Balaban J connectivity index is 1.86. The van der Waals surface area contributed by atoms with Crippen molar-refractivity contribution < 1.29 is 19.1 Å². The van der Waals surface area contributed by atoms with Gasteiger partial charge in [-0.25, -0.2) is 4.79 Å². The van der Waals surface area contributed by atoms with Crippen LogP contribution in [0.25, 0.3) is 0 Å². The van der Waals surface area contributed by atoms with Gasteiger partial charge >= 0.3 is 11.9 Å². The standard InChI is InChI=1S/C17H21NO4/c1-22-17(21)16(20)18-12-6-10-14(18)15(19)11-5-9-13-7-3-2-4-8-13/h2-4,7-8,14H,5-6,9-12H2,1H3/t14-/m0/s1. The molecule has 2 rings (SSSR count). The molecule has 1 atom stereocenters. The van der Waals surface area contributed by atoms with E-state index in [1.807, 2.05) is 30.3 Å². The van der Waals surface area contributed by atoms with Gasteiger partial charge in [0.05, 0.1) is 13.2 Å². The van der Waals surface area contributed by atoms with E-state index in [0.29, 0.717) is 19.4 Å². The fourth-order valence-electron chi connectivity index (χ4n) is 2.83. The van der Waals surface area contributed by atoms with E-state index in [0.717, 1.165) is 19.3 Å². The minimum Gasteiger partial charge on any atom is -0.462 e. The number of esters is 1.